The Morgan fingerprint density at radius 2 is 2.08 bits per heavy atom. The van der Waals surface area contributed by atoms with E-state index >= 15 is 0 Å². The molecule has 1 atom stereocenters. The van der Waals surface area contributed by atoms with Gasteiger partial charge in [0.2, 0.25) is 0 Å². The maximum Gasteiger partial charge on any atom is 0.338 e. The van der Waals surface area contributed by atoms with E-state index in [2.05, 4.69) is 10.6 Å². The summed E-state index contributed by atoms with van der Waals surface area (Å²) in [5.41, 5.74) is 1.51. The van der Waals surface area contributed by atoms with Gasteiger partial charge in [0.15, 0.2) is 0 Å². The molecule has 0 saturated heterocycles. The van der Waals surface area contributed by atoms with Crippen molar-refractivity contribution in [3.63, 3.8) is 0 Å². The monoisotopic (exact) mass is 366 g/mol. The molecule has 2 amide bonds. The lowest BCUT2D eigenvalue weighted by Gasteiger charge is -2.28. The Balaban J connectivity index is 2.36. The summed E-state index contributed by atoms with van der Waals surface area (Å²) in [7, 11) is 0. The molecular formula is C18H23ClN2O4. The molecule has 1 aliphatic rings. The lowest BCUT2D eigenvalue weighted by atomic mass is 9.95. The van der Waals surface area contributed by atoms with Gasteiger partial charge in [-0.2, -0.15) is 0 Å². The molecule has 0 saturated carbocycles. The number of benzene rings is 1. The molecule has 0 bridgehead atoms. The highest BCUT2D eigenvalue weighted by Crippen LogP contribution is 2.33. The number of esters is 1. The molecule has 1 aromatic carbocycles. The predicted molar refractivity (Wildman–Crippen MR) is 95.6 cm³/mol. The zero-order valence-corrected chi connectivity index (χ0v) is 15.6. The van der Waals surface area contributed by atoms with Crippen LogP contribution in [0.3, 0.4) is 0 Å². The molecule has 1 heterocycles. The maximum absolute atomic E-state index is 12.4. The van der Waals surface area contributed by atoms with Gasteiger partial charge >= 0.3 is 12.0 Å². The molecule has 0 aliphatic carbocycles. The average molecular weight is 367 g/mol. The molecule has 2 N–H and O–H groups in total. The average Bonchev–Trinajstić information content (AvgIpc) is 2.53. The highest BCUT2D eigenvalue weighted by Gasteiger charge is 2.32. The second-order valence-electron chi connectivity index (χ2n) is 6.06. The number of halogens is 1. The molecule has 0 fully saturated rings. The largest absolute Gasteiger partial charge is 0.489 e. The minimum absolute atomic E-state index is 0.0105. The fourth-order valence-electron chi connectivity index (χ4n) is 2.53. The summed E-state index contributed by atoms with van der Waals surface area (Å²) < 4.78 is 10.9. The van der Waals surface area contributed by atoms with Crippen LogP contribution in [-0.2, 0) is 9.53 Å². The van der Waals surface area contributed by atoms with E-state index in [0.29, 0.717) is 34.2 Å². The van der Waals surface area contributed by atoms with E-state index in [4.69, 9.17) is 21.1 Å². The van der Waals surface area contributed by atoms with Gasteiger partial charge < -0.3 is 20.1 Å². The molecule has 1 aromatic rings. The normalized spacial score (nSPS) is 17.2. The van der Waals surface area contributed by atoms with Crippen molar-refractivity contribution in [1.82, 2.24) is 10.6 Å². The number of nitrogens with one attached hydrogen (secondary N) is 2. The van der Waals surface area contributed by atoms with Crippen LogP contribution in [0.15, 0.2) is 29.5 Å². The van der Waals surface area contributed by atoms with E-state index in [1.165, 1.54) is 0 Å². The molecule has 2 rings (SSSR count). The van der Waals surface area contributed by atoms with Crippen LogP contribution in [0.1, 0.15) is 45.7 Å². The van der Waals surface area contributed by atoms with Crippen molar-refractivity contribution in [2.45, 2.75) is 46.3 Å². The van der Waals surface area contributed by atoms with E-state index in [0.717, 1.165) is 6.42 Å². The Hall–Kier alpha value is -2.21. The summed E-state index contributed by atoms with van der Waals surface area (Å²) in [6.45, 7) is 7.72. The second kappa shape index (κ2) is 8.25. The summed E-state index contributed by atoms with van der Waals surface area (Å²) in [4.78, 5) is 24.3. The number of hydrogen-bond acceptors (Lipinski definition) is 4. The van der Waals surface area contributed by atoms with E-state index in [1.54, 1.807) is 25.1 Å². The minimum atomic E-state index is -0.635. The highest BCUT2D eigenvalue weighted by molar-refractivity contribution is 6.32. The number of carbonyl (C=O) groups is 2. The van der Waals surface area contributed by atoms with Crippen molar-refractivity contribution >= 4 is 23.6 Å². The Kier molecular flexibility index (Phi) is 6.31. The Labute approximate surface area is 152 Å². The SMILES string of the molecule is CCCOC(=O)C1=C(C)NC(=O)NC1c1ccc(OC(C)C)c(Cl)c1. The first-order chi connectivity index (χ1) is 11.8. The fourth-order valence-corrected chi connectivity index (χ4v) is 2.77. The van der Waals surface area contributed by atoms with Crippen molar-refractivity contribution in [2.75, 3.05) is 6.61 Å². The summed E-state index contributed by atoms with van der Waals surface area (Å²) >= 11 is 6.29. The third-order valence-electron chi connectivity index (χ3n) is 3.58. The Morgan fingerprint density at radius 1 is 1.36 bits per heavy atom. The molecule has 6 nitrogen and oxygen atoms in total. The van der Waals surface area contributed by atoms with Gasteiger partial charge in [-0.1, -0.05) is 24.6 Å². The predicted octanol–water partition coefficient (Wildman–Crippen LogP) is 3.71. The van der Waals surface area contributed by atoms with Crippen molar-refractivity contribution < 1.29 is 19.1 Å². The van der Waals surface area contributed by atoms with Crippen LogP contribution in [0.5, 0.6) is 5.75 Å². The standard InChI is InChI=1S/C18H23ClN2O4/c1-5-8-24-17(22)15-11(4)20-18(23)21-16(15)12-6-7-14(13(19)9-12)25-10(2)3/h6-7,9-10,16H,5,8H2,1-4H3,(H2,20,21,23). The van der Waals surface area contributed by atoms with Crippen molar-refractivity contribution in [1.29, 1.82) is 0 Å². The van der Waals surface area contributed by atoms with Crippen molar-refractivity contribution in [3.05, 3.63) is 40.1 Å². The lowest BCUT2D eigenvalue weighted by molar-refractivity contribution is -0.139. The van der Waals surface area contributed by atoms with E-state index in [1.807, 2.05) is 20.8 Å². The molecular weight excluding hydrogens is 344 g/mol. The Morgan fingerprint density at radius 3 is 2.68 bits per heavy atom. The van der Waals surface area contributed by atoms with Crippen LogP contribution in [-0.4, -0.2) is 24.7 Å². The molecule has 0 spiro atoms. The third-order valence-corrected chi connectivity index (χ3v) is 3.87. The first-order valence-corrected chi connectivity index (χ1v) is 8.62. The number of ether oxygens (including phenoxy) is 2. The van der Waals surface area contributed by atoms with Gasteiger partial charge in [0.05, 0.1) is 29.3 Å². The fraction of sp³-hybridized carbons (Fsp3) is 0.444. The van der Waals surface area contributed by atoms with Crippen LogP contribution in [0, 0.1) is 0 Å². The molecule has 1 unspecified atom stereocenters. The van der Waals surface area contributed by atoms with Crippen molar-refractivity contribution in [2.24, 2.45) is 0 Å². The zero-order valence-electron chi connectivity index (χ0n) is 14.8. The Bertz CT molecular complexity index is 700. The minimum Gasteiger partial charge on any atom is -0.489 e. The molecule has 7 heteroatoms. The number of amides is 2. The number of rotatable bonds is 6. The van der Waals surface area contributed by atoms with Crippen LogP contribution in [0.25, 0.3) is 0 Å². The van der Waals surface area contributed by atoms with Gasteiger partial charge in [-0.3, -0.25) is 0 Å². The second-order valence-corrected chi connectivity index (χ2v) is 6.47. The quantitative estimate of drug-likeness (QED) is 0.752. The zero-order chi connectivity index (χ0) is 18.6. The maximum atomic E-state index is 12.4. The summed E-state index contributed by atoms with van der Waals surface area (Å²) in [6, 6.07) is 4.18. The first kappa shape index (κ1) is 19.1. The lowest BCUT2D eigenvalue weighted by Crippen LogP contribution is -2.45. The van der Waals surface area contributed by atoms with Crippen LogP contribution in [0.4, 0.5) is 4.79 Å². The van der Waals surface area contributed by atoms with Gasteiger partial charge in [0.1, 0.15) is 5.75 Å². The molecule has 25 heavy (non-hydrogen) atoms. The van der Waals surface area contributed by atoms with E-state index in [-0.39, 0.29) is 12.1 Å². The van der Waals surface area contributed by atoms with Crippen LogP contribution < -0.4 is 15.4 Å². The van der Waals surface area contributed by atoms with Gasteiger partial charge in [-0.05, 0) is 44.9 Å². The molecule has 0 radical (unpaired) electrons. The van der Waals surface area contributed by atoms with E-state index in [9.17, 15) is 9.59 Å². The molecule has 1 aliphatic heterocycles. The van der Waals surface area contributed by atoms with Gasteiger partial charge in [-0.25, -0.2) is 9.59 Å². The van der Waals surface area contributed by atoms with Gasteiger partial charge in [-0.15, -0.1) is 0 Å². The smallest absolute Gasteiger partial charge is 0.338 e. The van der Waals surface area contributed by atoms with Crippen molar-refractivity contribution in [3.8, 4) is 5.75 Å². The third kappa shape index (κ3) is 4.66. The number of allylic oxidation sites excluding steroid dienone is 1. The first-order valence-electron chi connectivity index (χ1n) is 8.25. The van der Waals surface area contributed by atoms with Crippen LogP contribution in [0.2, 0.25) is 5.02 Å². The topological polar surface area (TPSA) is 76.7 Å². The van der Waals surface area contributed by atoms with Gasteiger partial charge in [0.25, 0.3) is 0 Å². The summed E-state index contributed by atoms with van der Waals surface area (Å²) in [6.07, 6.45) is 0.707. The van der Waals surface area contributed by atoms with Crippen LogP contribution >= 0.6 is 11.6 Å². The van der Waals surface area contributed by atoms with E-state index < -0.39 is 12.0 Å². The summed E-state index contributed by atoms with van der Waals surface area (Å²) in [5, 5.41) is 5.77. The number of carbonyl (C=O) groups excluding carboxylic acids is 2. The highest BCUT2D eigenvalue weighted by atomic mass is 35.5. The summed E-state index contributed by atoms with van der Waals surface area (Å²) in [5.74, 6) is 0.0898. The van der Waals surface area contributed by atoms with Gasteiger partial charge in [0, 0.05) is 5.70 Å². The number of urea groups is 1. The molecule has 0 aromatic heterocycles. The number of hydrogen-bond donors (Lipinski definition) is 2. The molecule has 136 valence electrons.